The van der Waals surface area contributed by atoms with Gasteiger partial charge in [-0.3, -0.25) is 9.10 Å². The maximum absolute atomic E-state index is 13.7. The molecule has 0 radical (unpaired) electrons. The second-order valence-corrected chi connectivity index (χ2v) is 12.7. The van der Waals surface area contributed by atoms with Crippen molar-refractivity contribution in [2.24, 2.45) is 5.92 Å². The van der Waals surface area contributed by atoms with Crippen molar-refractivity contribution in [3.05, 3.63) is 48.0 Å². The average Bonchev–Trinajstić information content (AvgIpc) is 2.80. The number of aryl methyl sites for hydroxylation is 1. The Hall–Kier alpha value is -2.63. The Labute approximate surface area is 209 Å². The van der Waals surface area contributed by atoms with E-state index in [-0.39, 0.29) is 28.8 Å². The highest BCUT2D eigenvalue weighted by molar-refractivity contribution is 7.93. The molecule has 0 bridgehead atoms. The highest BCUT2D eigenvalue weighted by Crippen LogP contribution is 2.30. The summed E-state index contributed by atoms with van der Waals surface area (Å²) in [4.78, 5) is 10.8. The molecule has 11 heteroatoms. The fourth-order valence-electron chi connectivity index (χ4n) is 3.53. The molecule has 0 aromatic heterocycles. The van der Waals surface area contributed by atoms with Crippen LogP contribution in [0.5, 0.6) is 0 Å². The molecule has 35 heavy (non-hydrogen) atoms. The van der Waals surface area contributed by atoms with Gasteiger partial charge in [0.15, 0.2) is 0 Å². The molecule has 0 fully saturated rings. The van der Waals surface area contributed by atoms with Gasteiger partial charge in [0.25, 0.3) is 16.5 Å². The smallest absolute Gasteiger partial charge is 0.293 e. The van der Waals surface area contributed by atoms with E-state index in [9.17, 15) is 17.4 Å². The van der Waals surface area contributed by atoms with Crippen LogP contribution in [0.1, 0.15) is 26.3 Å². The van der Waals surface area contributed by atoms with Gasteiger partial charge < -0.3 is 15.4 Å². The third-order valence-corrected chi connectivity index (χ3v) is 8.29. The molecule has 0 aliphatic carbocycles. The molecule has 0 saturated carbocycles. The van der Waals surface area contributed by atoms with Gasteiger partial charge in [-0.25, -0.2) is 17.4 Å². The second-order valence-electron chi connectivity index (χ2n) is 8.74. The number of likely N-dealkylation sites (N-methyl/N-ethyl adjacent to an activating group) is 1. The van der Waals surface area contributed by atoms with E-state index in [1.165, 1.54) is 28.8 Å². The van der Waals surface area contributed by atoms with Crippen molar-refractivity contribution in [3.8, 4) is 0 Å². The van der Waals surface area contributed by atoms with E-state index >= 15 is 0 Å². The Morgan fingerprint density at radius 2 is 1.74 bits per heavy atom. The van der Waals surface area contributed by atoms with Gasteiger partial charge in [-0.1, -0.05) is 32.9 Å². The van der Waals surface area contributed by atoms with Crippen LogP contribution >= 0.6 is 0 Å². The summed E-state index contributed by atoms with van der Waals surface area (Å²) in [7, 11) is -5.57. The molecule has 0 aliphatic rings. The Kier molecular flexibility index (Phi) is 10.1. The quantitative estimate of drug-likeness (QED) is 0.323. The summed E-state index contributed by atoms with van der Waals surface area (Å²) in [6.07, 6.45) is 1.59. The van der Waals surface area contributed by atoms with Crippen molar-refractivity contribution in [3.63, 3.8) is 0 Å². The molecule has 194 valence electrons. The first-order valence-corrected chi connectivity index (χ1v) is 14.8. The van der Waals surface area contributed by atoms with E-state index in [0.717, 1.165) is 12.0 Å². The third kappa shape index (κ3) is 7.68. The number of carbonyl (C=O) groups excluding carboxylic acids is 1. The minimum absolute atomic E-state index is 0.0454. The maximum Gasteiger partial charge on any atom is 0.293 e. The van der Waals surface area contributed by atoms with Crippen molar-refractivity contribution >= 4 is 37.6 Å². The van der Waals surface area contributed by atoms with Crippen molar-refractivity contribution in [2.75, 3.05) is 42.6 Å². The van der Waals surface area contributed by atoms with Crippen LogP contribution in [0.2, 0.25) is 0 Å². The molecule has 0 saturated heterocycles. The van der Waals surface area contributed by atoms with Gasteiger partial charge >= 0.3 is 0 Å². The molecule has 0 amide bonds. The van der Waals surface area contributed by atoms with Gasteiger partial charge in [0.1, 0.15) is 6.10 Å². The lowest BCUT2D eigenvalue weighted by molar-refractivity contribution is -0.132. The highest BCUT2D eigenvalue weighted by Gasteiger charge is 2.27. The minimum atomic E-state index is -4.00. The molecule has 0 aliphatic heterocycles. The Balaban J connectivity index is 2.50. The van der Waals surface area contributed by atoms with Crippen LogP contribution in [0.3, 0.4) is 0 Å². The van der Waals surface area contributed by atoms with Crippen LogP contribution in [0.15, 0.2) is 52.3 Å². The summed E-state index contributed by atoms with van der Waals surface area (Å²) >= 11 is 0. The van der Waals surface area contributed by atoms with E-state index in [1.807, 2.05) is 32.9 Å². The zero-order chi connectivity index (χ0) is 26.2. The SMILES string of the molecule is CCc1ccc(N(CC(C)C)S(=O)(=O)c2ccc(NCC(CNC)OC=O)c(S(C)(=N)=O)c2)cc1. The van der Waals surface area contributed by atoms with E-state index in [0.29, 0.717) is 24.4 Å². The van der Waals surface area contributed by atoms with Crippen molar-refractivity contribution in [1.29, 1.82) is 4.78 Å². The van der Waals surface area contributed by atoms with E-state index in [2.05, 4.69) is 10.6 Å². The summed E-state index contributed by atoms with van der Waals surface area (Å²) in [5, 5.41) is 5.95. The van der Waals surface area contributed by atoms with E-state index in [1.54, 1.807) is 19.2 Å². The van der Waals surface area contributed by atoms with Gasteiger partial charge in [-0.2, -0.15) is 0 Å². The Bertz CT molecular complexity index is 1200. The lowest BCUT2D eigenvalue weighted by Gasteiger charge is -2.27. The van der Waals surface area contributed by atoms with Crippen LogP contribution in [0.25, 0.3) is 0 Å². The molecule has 2 aromatic carbocycles. The van der Waals surface area contributed by atoms with Gasteiger partial charge in [0.05, 0.1) is 37.4 Å². The maximum atomic E-state index is 13.7. The minimum Gasteiger partial charge on any atom is -0.461 e. The second kappa shape index (κ2) is 12.4. The first kappa shape index (κ1) is 28.6. The van der Waals surface area contributed by atoms with Crippen molar-refractivity contribution in [1.82, 2.24) is 5.32 Å². The predicted molar refractivity (Wildman–Crippen MR) is 140 cm³/mol. The number of hydrogen-bond acceptors (Lipinski definition) is 8. The van der Waals surface area contributed by atoms with Gasteiger partial charge in [0, 0.05) is 19.3 Å². The lowest BCUT2D eigenvalue weighted by Crippen LogP contribution is -2.34. The summed E-state index contributed by atoms with van der Waals surface area (Å²) in [5.41, 5.74) is 2.00. The molecule has 2 rings (SSSR count). The lowest BCUT2D eigenvalue weighted by atomic mass is 10.1. The molecule has 3 N–H and O–H groups in total. The van der Waals surface area contributed by atoms with Gasteiger partial charge in [-0.05, 0) is 55.3 Å². The normalized spacial score (nSPS) is 14.2. The molecular formula is C24H36N4O5S2. The van der Waals surface area contributed by atoms with Crippen LogP contribution < -0.4 is 14.9 Å². The number of benzene rings is 2. The topological polar surface area (TPSA) is 129 Å². The molecule has 0 heterocycles. The number of nitrogens with one attached hydrogen (secondary N) is 3. The monoisotopic (exact) mass is 524 g/mol. The average molecular weight is 525 g/mol. The standard InChI is InChI=1S/C24H36N4O5S2/c1-6-19-7-9-20(10-8-19)28(16-18(2)3)35(31,32)22-11-12-23(24(13-22)34(5,25)30)27-15-21(14-26-4)33-17-29/h7-13,17-18,21,25-27H,6,14-16H2,1-5H3. The van der Waals surface area contributed by atoms with Crippen LogP contribution in [-0.4, -0.2) is 58.1 Å². The molecule has 2 atom stereocenters. The van der Waals surface area contributed by atoms with Gasteiger partial charge in [0.2, 0.25) is 0 Å². The number of anilines is 2. The zero-order valence-corrected chi connectivity index (χ0v) is 22.5. The first-order chi connectivity index (χ1) is 16.4. The number of carbonyl (C=O) groups is 1. The fourth-order valence-corrected chi connectivity index (χ4v) is 6.17. The number of sulfonamides is 1. The largest absolute Gasteiger partial charge is 0.461 e. The summed E-state index contributed by atoms with van der Waals surface area (Å²) in [5.74, 6) is 0.0598. The summed E-state index contributed by atoms with van der Waals surface area (Å²) in [6, 6.07) is 11.6. The Morgan fingerprint density at radius 3 is 2.26 bits per heavy atom. The predicted octanol–water partition coefficient (Wildman–Crippen LogP) is 3.31. The first-order valence-electron chi connectivity index (χ1n) is 11.4. The number of hydrogen-bond donors (Lipinski definition) is 3. The van der Waals surface area contributed by atoms with E-state index < -0.39 is 25.9 Å². The van der Waals surface area contributed by atoms with Crippen LogP contribution in [0.4, 0.5) is 11.4 Å². The van der Waals surface area contributed by atoms with Crippen molar-refractivity contribution in [2.45, 2.75) is 43.1 Å². The molecular weight excluding hydrogens is 488 g/mol. The summed E-state index contributed by atoms with van der Waals surface area (Å²) < 4.78 is 54.8. The third-order valence-electron chi connectivity index (χ3n) is 5.32. The zero-order valence-electron chi connectivity index (χ0n) is 20.9. The van der Waals surface area contributed by atoms with E-state index in [4.69, 9.17) is 9.52 Å². The van der Waals surface area contributed by atoms with Crippen molar-refractivity contribution < 1.29 is 22.2 Å². The molecule has 2 aromatic rings. The molecule has 0 spiro atoms. The van der Waals surface area contributed by atoms with Crippen LogP contribution in [0, 0.1) is 10.7 Å². The Morgan fingerprint density at radius 1 is 1.09 bits per heavy atom. The number of nitrogens with zero attached hydrogens (tertiary/aromatic N) is 1. The number of ether oxygens (including phenoxy) is 1. The fraction of sp³-hybridized carbons (Fsp3) is 0.458. The molecule has 9 nitrogen and oxygen atoms in total. The van der Waals surface area contributed by atoms with Gasteiger partial charge in [-0.15, -0.1) is 0 Å². The molecule has 2 unspecified atom stereocenters. The highest BCUT2D eigenvalue weighted by atomic mass is 32.2. The number of rotatable bonds is 14. The van der Waals surface area contributed by atoms with Crippen LogP contribution in [-0.2, 0) is 35.7 Å². The summed E-state index contributed by atoms with van der Waals surface area (Å²) in [6.45, 7) is 7.10.